The maximum absolute atomic E-state index is 13.4. The van der Waals surface area contributed by atoms with Crippen molar-refractivity contribution in [3.8, 4) is 0 Å². The summed E-state index contributed by atoms with van der Waals surface area (Å²) in [5.74, 6) is -41.7. The molecule has 0 aliphatic rings. The highest BCUT2D eigenvalue weighted by Crippen LogP contribution is 2.61. The van der Waals surface area contributed by atoms with Crippen molar-refractivity contribution in [2.75, 3.05) is 0 Å². The Hall–Kier alpha value is -1.47. The molecule has 206 valence electrons. The molecule has 0 aromatic rings. The van der Waals surface area contributed by atoms with Crippen LogP contribution >= 0.6 is 0 Å². The molecule has 0 aliphatic carbocycles. The summed E-state index contributed by atoms with van der Waals surface area (Å²) in [7, 11) is 0. The van der Waals surface area contributed by atoms with E-state index in [1.807, 2.05) is 0 Å². The Morgan fingerprint density at radius 1 is 0.324 bits per heavy atom. The van der Waals surface area contributed by atoms with E-state index in [1.165, 1.54) is 0 Å². The summed E-state index contributed by atoms with van der Waals surface area (Å²) >= 11 is 0. The lowest BCUT2D eigenvalue weighted by atomic mass is 9.89. The van der Waals surface area contributed by atoms with Gasteiger partial charge in [0.2, 0.25) is 6.17 Å². The van der Waals surface area contributed by atoms with E-state index in [1.54, 1.807) is 0 Å². The van der Waals surface area contributed by atoms with Crippen molar-refractivity contribution in [3.63, 3.8) is 0 Å². The average molecular weight is 562 g/mol. The van der Waals surface area contributed by atoms with Crippen molar-refractivity contribution < 1.29 is 92.2 Å². The van der Waals surface area contributed by atoms with Gasteiger partial charge in [-0.15, -0.1) is 0 Å². The minimum atomic E-state index is -8.60. The quantitative estimate of drug-likeness (QED) is 0.238. The van der Waals surface area contributed by atoms with Gasteiger partial charge in [0.1, 0.15) is 0 Å². The van der Waals surface area contributed by atoms with Crippen LogP contribution in [-0.4, -0.2) is 79.2 Å². The first-order valence-electron chi connectivity index (χ1n) is 7.74. The van der Waals surface area contributed by atoms with Gasteiger partial charge in [0.15, 0.2) is 30.9 Å². The largest absolute Gasteiger partial charge is 0.460 e. The Morgan fingerprint density at radius 2 is 0.618 bits per heavy atom. The first kappa shape index (κ1) is 32.5. The highest BCUT2D eigenvalue weighted by atomic mass is 19.4. The van der Waals surface area contributed by atoms with E-state index in [0.29, 0.717) is 0 Å². The minimum Gasteiger partial charge on any atom is -0.241 e. The summed E-state index contributed by atoms with van der Waals surface area (Å²) < 4.78 is 269. The molecule has 34 heavy (non-hydrogen) atoms. The van der Waals surface area contributed by atoms with E-state index >= 15 is 0 Å². The van der Waals surface area contributed by atoms with Gasteiger partial charge in [-0.05, 0) is 0 Å². The molecule has 0 N–H and O–H groups in total. The van der Waals surface area contributed by atoms with Crippen molar-refractivity contribution in [3.05, 3.63) is 0 Å². The molecule has 0 bridgehead atoms. The van der Waals surface area contributed by atoms with E-state index in [4.69, 9.17) is 0 Å². The minimum absolute atomic E-state index is 4.38. The molecule has 0 aliphatic heterocycles. The predicted molar refractivity (Wildman–Crippen MR) is 66.2 cm³/mol. The summed E-state index contributed by atoms with van der Waals surface area (Å²) in [6, 6.07) is 0. The molecule has 0 nitrogen and oxygen atoms in total. The fourth-order valence-corrected chi connectivity index (χ4v) is 1.98. The summed E-state index contributed by atoms with van der Waals surface area (Å²) in [4.78, 5) is 0. The molecule has 0 heterocycles. The zero-order valence-electron chi connectivity index (χ0n) is 15.0. The molecule has 21 heteroatoms. The first-order chi connectivity index (χ1) is 14.7. The van der Waals surface area contributed by atoms with Crippen molar-refractivity contribution >= 4 is 0 Å². The second-order valence-electron chi connectivity index (χ2n) is 6.38. The zero-order chi connectivity index (χ0) is 28.0. The topological polar surface area (TPSA) is 0 Å². The Labute approximate surface area is 173 Å². The van der Waals surface area contributed by atoms with Crippen molar-refractivity contribution in [1.29, 1.82) is 0 Å². The second kappa shape index (κ2) is 9.53. The fourth-order valence-electron chi connectivity index (χ4n) is 1.98. The SMILES string of the molecule is FC(F)C(F)C(F)C(F)C(F)C(F)C(F)C(F)(F)C(F)(F)C(F)(F)C(F)(F)C(F)(F)C(F)(F)F. The van der Waals surface area contributed by atoms with Crippen LogP contribution in [0.3, 0.4) is 0 Å². The molecule has 0 spiro atoms. The van der Waals surface area contributed by atoms with E-state index in [0.717, 1.165) is 0 Å². The predicted octanol–water partition coefficient (Wildman–Crippen LogP) is 7.02. The maximum Gasteiger partial charge on any atom is 0.460 e. The standard InChI is InChI=1S/C13H7F21/c14-1(3(16)5(18)7(20)21)2(15)4(17)6(19)8(22,23)9(24,25)10(26,27)11(28,29)12(30,31)13(32,33)34/h1-7H. The van der Waals surface area contributed by atoms with Crippen LogP contribution in [0.15, 0.2) is 0 Å². The number of hydrogen-bond acceptors (Lipinski definition) is 0. The van der Waals surface area contributed by atoms with Crippen LogP contribution in [0.4, 0.5) is 92.2 Å². The third-order valence-corrected chi connectivity index (χ3v) is 4.04. The van der Waals surface area contributed by atoms with Crippen molar-refractivity contribution in [1.82, 2.24) is 0 Å². The van der Waals surface area contributed by atoms with Gasteiger partial charge in [-0.2, -0.15) is 57.1 Å². The fraction of sp³-hybridized carbons (Fsp3) is 1.00. The maximum atomic E-state index is 13.4. The van der Waals surface area contributed by atoms with Crippen LogP contribution in [0.25, 0.3) is 0 Å². The van der Waals surface area contributed by atoms with E-state index < -0.39 is 79.2 Å². The Bertz CT molecular complexity index is 666. The van der Waals surface area contributed by atoms with E-state index in [-0.39, 0.29) is 0 Å². The van der Waals surface area contributed by atoms with Gasteiger partial charge >= 0.3 is 35.8 Å². The Morgan fingerprint density at radius 3 is 0.941 bits per heavy atom. The highest BCUT2D eigenvalue weighted by molar-refractivity contribution is 5.13. The molecule has 0 fully saturated rings. The average Bonchev–Trinajstić information content (AvgIpc) is 2.68. The summed E-state index contributed by atoms with van der Waals surface area (Å²) in [6.45, 7) is 0. The van der Waals surface area contributed by atoms with Crippen LogP contribution in [-0.2, 0) is 0 Å². The summed E-state index contributed by atoms with van der Waals surface area (Å²) in [6.07, 6.45) is -42.5. The lowest BCUT2D eigenvalue weighted by Gasteiger charge is -2.41. The van der Waals surface area contributed by atoms with Gasteiger partial charge in [0, 0.05) is 0 Å². The van der Waals surface area contributed by atoms with Crippen LogP contribution in [0, 0.1) is 0 Å². The summed E-state index contributed by atoms with van der Waals surface area (Å²) in [5, 5.41) is 0. The molecule has 0 radical (unpaired) electrons. The van der Waals surface area contributed by atoms with Crippen LogP contribution in [0.5, 0.6) is 0 Å². The van der Waals surface area contributed by atoms with E-state index in [2.05, 4.69) is 0 Å². The molecular formula is C13H7F21. The van der Waals surface area contributed by atoms with Crippen LogP contribution in [0.1, 0.15) is 0 Å². The van der Waals surface area contributed by atoms with Gasteiger partial charge in [0.25, 0.3) is 6.43 Å². The molecule has 0 amide bonds. The molecule has 6 atom stereocenters. The lowest BCUT2D eigenvalue weighted by Crippen LogP contribution is -2.72. The Kier molecular flexibility index (Phi) is 9.12. The van der Waals surface area contributed by atoms with Gasteiger partial charge in [-0.25, -0.2) is 35.1 Å². The van der Waals surface area contributed by atoms with Crippen LogP contribution in [0.2, 0.25) is 0 Å². The highest BCUT2D eigenvalue weighted by Gasteiger charge is 2.91. The molecule has 0 rings (SSSR count). The first-order valence-corrected chi connectivity index (χ1v) is 7.74. The number of halogens is 21. The molecule has 0 aromatic carbocycles. The smallest absolute Gasteiger partial charge is 0.241 e. The third kappa shape index (κ3) is 4.92. The molecule has 0 aromatic heterocycles. The van der Waals surface area contributed by atoms with Gasteiger partial charge < -0.3 is 0 Å². The number of hydrogen-bond donors (Lipinski definition) is 0. The second-order valence-corrected chi connectivity index (χ2v) is 6.38. The molecular weight excluding hydrogens is 555 g/mol. The third-order valence-electron chi connectivity index (χ3n) is 4.04. The molecule has 0 saturated carbocycles. The van der Waals surface area contributed by atoms with E-state index in [9.17, 15) is 92.2 Å². The van der Waals surface area contributed by atoms with Crippen molar-refractivity contribution in [2.24, 2.45) is 0 Å². The van der Waals surface area contributed by atoms with Crippen molar-refractivity contribution in [2.45, 2.75) is 79.2 Å². The molecule has 6 unspecified atom stereocenters. The van der Waals surface area contributed by atoms with Gasteiger partial charge in [0.05, 0.1) is 0 Å². The Balaban J connectivity index is 6.25. The summed E-state index contributed by atoms with van der Waals surface area (Å²) in [5.41, 5.74) is 0. The zero-order valence-corrected chi connectivity index (χ0v) is 15.0. The van der Waals surface area contributed by atoms with Gasteiger partial charge in [-0.3, -0.25) is 0 Å². The number of alkyl halides is 21. The monoisotopic (exact) mass is 562 g/mol. The molecule has 0 saturated heterocycles. The van der Waals surface area contributed by atoms with Gasteiger partial charge in [-0.1, -0.05) is 0 Å². The number of rotatable bonds is 11. The normalized spacial score (nSPS) is 20.6. The lowest BCUT2D eigenvalue weighted by molar-refractivity contribution is -0.443. The van der Waals surface area contributed by atoms with Crippen LogP contribution < -0.4 is 0 Å².